The molecule has 3 rings (SSSR count). The maximum Gasteiger partial charge on any atom is 0.358 e. The van der Waals surface area contributed by atoms with Crippen LogP contribution in [-0.4, -0.2) is 73.3 Å². The molecule has 1 amide bonds. The number of alkyl halides is 3. The lowest BCUT2D eigenvalue weighted by atomic mass is 9.98. The predicted molar refractivity (Wildman–Crippen MR) is 114 cm³/mol. The van der Waals surface area contributed by atoms with Crippen LogP contribution in [0.3, 0.4) is 0 Å². The molecule has 168 valence electrons. The Morgan fingerprint density at radius 3 is 2.65 bits per heavy atom. The number of amides is 1. The number of nitrogens with zero attached hydrogens (tertiary/aromatic N) is 2. The van der Waals surface area contributed by atoms with Crippen LogP contribution in [0.4, 0.5) is 5.13 Å². The van der Waals surface area contributed by atoms with Gasteiger partial charge in [-0.05, 0) is 5.41 Å². The largest absolute Gasteiger partial charge is 0.479 e. The number of fused-ring (bicyclic) bond motifs is 1. The molecule has 3 heterocycles. The first kappa shape index (κ1) is 23.9. The highest BCUT2D eigenvalue weighted by atomic mass is 35.6. The molecule has 1 saturated heterocycles. The molecule has 0 unspecified atom stereocenters. The molecule has 15 heteroatoms. The van der Waals surface area contributed by atoms with Crippen molar-refractivity contribution < 1.29 is 33.8 Å². The minimum Gasteiger partial charge on any atom is -0.479 e. The van der Waals surface area contributed by atoms with Crippen molar-refractivity contribution >= 4 is 86.8 Å². The van der Waals surface area contributed by atoms with Crippen LogP contribution in [0.1, 0.15) is 17.4 Å². The molecular weight excluding hydrogens is 517 g/mol. The van der Waals surface area contributed by atoms with Gasteiger partial charge in [0.05, 0.1) is 0 Å². The molecular formula is C16H14Cl3N3O7S2. The fourth-order valence-electron chi connectivity index (χ4n) is 2.80. The molecule has 0 spiro atoms. The van der Waals surface area contributed by atoms with Crippen molar-refractivity contribution in [1.29, 1.82) is 0 Å². The summed E-state index contributed by atoms with van der Waals surface area (Å²) < 4.78 is 7.97. The van der Waals surface area contributed by atoms with Crippen molar-refractivity contribution in [2.24, 2.45) is 0 Å². The van der Waals surface area contributed by atoms with Gasteiger partial charge < -0.3 is 24.8 Å². The number of nitrogens with one attached hydrogen (secondary N) is 1. The number of carboxylic acid groups (broad SMARTS) is 1. The van der Waals surface area contributed by atoms with E-state index in [1.54, 1.807) is 5.41 Å². The average molecular weight is 531 g/mol. The van der Waals surface area contributed by atoms with Crippen molar-refractivity contribution in [3.8, 4) is 0 Å². The number of carboxylic acids is 1. The van der Waals surface area contributed by atoms with E-state index in [0.29, 0.717) is 5.57 Å². The average Bonchev–Trinajstić information content (AvgIpc) is 3.16. The number of halogens is 3. The Labute approximate surface area is 198 Å². The summed E-state index contributed by atoms with van der Waals surface area (Å²) in [5.41, 5.74) is 0.262. The van der Waals surface area contributed by atoms with Crippen molar-refractivity contribution in [3.05, 3.63) is 22.1 Å². The summed E-state index contributed by atoms with van der Waals surface area (Å²) >= 11 is 18.9. The Morgan fingerprint density at radius 2 is 2.03 bits per heavy atom. The van der Waals surface area contributed by atoms with Crippen LogP contribution in [0.15, 0.2) is 16.4 Å². The Balaban J connectivity index is 1.66. The monoisotopic (exact) mass is 529 g/mol. The molecule has 2 N–H and O–H groups in total. The van der Waals surface area contributed by atoms with Gasteiger partial charge in [-0.1, -0.05) is 34.8 Å². The first-order valence-corrected chi connectivity index (χ1v) is 11.4. The van der Waals surface area contributed by atoms with Gasteiger partial charge in [0.25, 0.3) is 0 Å². The molecule has 1 aromatic rings. The van der Waals surface area contributed by atoms with Gasteiger partial charge in [-0.2, -0.15) is 0 Å². The summed E-state index contributed by atoms with van der Waals surface area (Å²) in [5, 5.41) is 15.2. The quantitative estimate of drug-likeness (QED) is 0.307. The molecule has 0 aliphatic carbocycles. The second-order valence-electron chi connectivity index (χ2n) is 6.34. The fourth-order valence-corrected chi connectivity index (χ4v) is 4.89. The summed E-state index contributed by atoms with van der Waals surface area (Å²) in [7, 11) is 0. The van der Waals surface area contributed by atoms with Crippen LogP contribution >= 0.6 is 57.9 Å². The van der Waals surface area contributed by atoms with Crippen LogP contribution < -0.4 is 5.32 Å². The van der Waals surface area contributed by atoms with E-state index >= 15 is 0 Å². The molecule has 0 aromatic carbocycles. The lowest BCUT2D eigenvalue weighted by molar-refractivity contribution is -0.157. The third-order valence-electron chi connectivity index (χ3n) is 4.10. The first-order chi connectivity index (χ1) is 14.5. The summed E-state index contributed by atoms with van der Waals surface area (Å²) in [4.78, 5) is 52.6. The van der Waals surface area contributed by atoms with Gasteiger partial charge in [-0.3, -0.25) is 9.59 Å². The molecule has 31 heavy (non-hydrogen) atoms. The number of ether oxygens (including phenoxy) is 2. The third-order valence-corrected chi connectivity index (χ3v) is 6.42. The molecule has 10 nitrogen and oxygen atoms in total. The van der Waals surface area contributed by atoms with Crippen LogP contribution in [0.5, 0.6) is 0 Å². The lowest BCUT2D eigenvalue weighted by Crippen LogP contribution is -2.71. The Hall–Kier alpha value is -1.73. The Bertz CT molecular complexity index is 949. The number of esters is 2. The Morgan fingerprint density at radius 1 is 1.32 bits per heavy atom. The minimum atomic E-state index is -1.75. The van der Waals surface area contributed by atoms with Crippen molar-refractivity contribution in [3.63, 3.8) is 0 Å². The maximum absolute atomic E-state index is 12.6. The van der Waals surface area contributed by atoms with Gasteiger partial charge in [-0.25, -0.2) is 14.6 Å². The van der Waals surface area contributed by atoms with Crippen LogP contribution in [0.2, 0.25) is 0 Å². The van der Waals surface area contributed by atoms with E-state index in [4.69, 9.17) is 44.3 Å². The molecule has 2 aliphatic heterocycles. The molecule has 1 fully saturated rings. The third kappa shape index (κ3) is 5.55. The number of thioether (sulfide) groups is 1. The zero-order valence-corrected chi connectivity index (χ0v) is 19.4. The standard InChI is InChI=1S/C16H14Cl3N3O7S2/c1-6(23)28-2-7-3-30-12-9(11(24)22(12)10(7)13(25)26)21-15-20-8(4-31-15)14(27)29-5-16(17,18)19/h3-4,9-10,12H,2,5H2,1H3,(H,20,21)(H,25,26)/t9-,10-,12-/m1/s1. The number of rotatable bonds is 7. The van der Waals surface area contributed by atoms with Crippen molar-refractivity contribution in [1.82, 2.24) is 9.88 Å². The highest BCUT2D eigenvalue weighted by Gasteiger charge is 2.55. The molecule has 0 saturated carbocycles. The topological polar surface area (TPSA) is 135 Å². The van der Waals surface area contributed by atoms with E-state index in [1.807, 2.05) is 0 Å². The highest BCUT2D eigenvalue weighted by molar-refractivity contribution is 8.03. The van der Waals surface area contributed by atoms with Crippen molar-refractivity contribution in [2.75, 3.05) is 18.5 Å². The predicted octanol–water partition coefficient (Wildman–Crippen LogP) is 2.27. The first-order valence-electron chi connectivity index (χ1n) is 8.46. The molecule has 2 aliphatic rings. The SMILES string of the molecule is CC(=O)OCC1=CS[C@@H]2[C@H](Nc3nc(C(=O)OCC(Cl)(Cl)Cl)cs3)C(=O)N2[C@H]1C(=O)O. The molecule has 0 radical (unpaired) electrons. The summed E-state index contributed by atoms with van der Waals surface area (Å²) in [6.07, 6.45) is 0. The van der Waals surface area contributed by atoms with Gasteiger partial charge in [0.1, 0.15) is 24.6 Å². The van der Waals surface area contributed by atoms with E-state index in [0.717, 1.165) is 11.3 Å². The highest BCUT2D eigenvalue weighted by Crippen LogP contribution is 2.41. The number of thiazole rings is 1. The molecule has 0 bridgehead atoms. The van der Waals surface area contributed by atoms with E-state index in [-0.39, 0.29) is 17.4 Å². The minimum absolute atomic E-state index is 0.0337. The van der Waals surface area contributed by atoms with E-state index < -0.39 is 51.7 Å². The van der Waals surface area contributed by atoms with E-state index in [9.17, 15) is 24.3 Å². The van der Waals surface area contributed by atoms with Crippen LogP contribution in [0, 0.1) is 0 Å². The zero-order valence-electron chi connectivity index (χ0n) is 15.5. The maximum atomic E-state index is 12.6. The fraction of sp³-hybridized carbons (Fsp3) is 0.438. The van der Waals surface area contributed by atoms with Crippen LogP contribution in [0.25, 0.3) is 0 Å². The van der Waals surface area contributed by atoms with Gasteiger partial charge >= 0.3 is 17.9 Å². The number of β-lactam (4-membered cyclic amide) rings is 1. The molecule has 1 aromatic heterocycles. The number of carbonyl (C=O) groups is 4. The van der Waals surface area contributed by atoms with Crippen molar-refractivity contribution in [2.45, 2.75) is 28.2 Å². The summed E-state index contributed by atoms with van der Waals surface area (Å²) in [5.74, 6) is -3.05. The Kier molecular flexibility index (Phi) is 7.26. The number of hydrogen-bond donors (Lipinski definition) is 2. The zero-order chi connectivity index (χ0) is 22.9. The van der Waals surface area contributed by atoms with Gasteiger partial charge in [0.15, 0.2) is 16.9 Å². The number of anilines is 1. The second kappa shape index (κ2) is 9.41. The van der Waals surface area contributed by atoms with Gasteiger partial charge in [-0.15, -0.1) is 23.1 Å². The summed E-state index contributed by atoms with van der Waals surface area (Å²) in [6.45, 7) is 0.531. The van der Waals surface area contributed by atoms with Crippen LogP contribution in [-0.2, 0) is 23.9 Å². The normalized spacial score (nSPS) is 22.7. The van der Waals surface area contributed by atoms with E-state index in [2.05, 4.69) is 10.3 Å². The number of aromatic nitrogens is 1. The number of carbonyl (C=O) groups excluding carboxylic acids is 3. The van der Waals surface area contributed by atoms with Gasteiger partial charge in [0, 0.05) is 17.9 Å². The van der Waals surface area contributed by atoms with E-state index in [1.165, 1.54) is 29.0 Å². The number of hydrogen-bond acceptors (Lipinski definition) is 10. The second-order valence-corrected chi connectivity index (χ2v) is 10.7. The number of aliphatic carboxylic acids is 1. The molecule has 3 atom stereocenters. The summed E-state index contributed by atoms with van der Waals surface area (Å²) in [6, 6.07) is -1.99. The van der Waals surface area contributed by atoms with Gasteiger partial charge in [0.2, 0.25) is 9.70 Å². The lowest BCUT2D eigenvalue weighted by Gasteiger charge is -2.51. The smallest absolute Gasteiger partial charge is 0.358 e.